The second kappa shape index (κ2) is 2.51. The highest BCUT2D eigenvalue weighted by Crippen LogP contribution is 2.32. The first-order valence-electron chi connectivity index (χ1n) is 3.53. The van der Waals surface area contributed by atoms with E-state index in [1.807, 2.05) is 6.92 Å². The molecule has 0 spiro atoms. The van der Waals surface area contributed by atoms with Gasteiger partial charge in [0, 0.05) is 4.75 Å². The zero-order valence-electron chi connectivity index (χ0n) is 5.80. The molecule has 1 fully saturated rings. The van der Waals surface area contributed by atoms with Gasteiger partial charge in [-0.2, -0.15) is 12.6 Å². The fourth-order valence-corrected chi connectivity index (χ4v) is 1.59. The summed E-state index contributed by atoms with van der Waals surface area (Å²) in [6, 6.07) is 0. The molecule has 2 atom stereocenters. The lowest BCUT2D eigenvalue weighted by molar-refractivity contribution is 0.0991. The van der Waals surface area contributed by atoms with E-state index in [-0.39, 0.29) is 10.9 Å². The number of rotatable bonds is 0. The van der Waals surface area contributed by atoms with E-state index >= 15 is 0 Å². The Morgan fingerprint density at radius 3 is 2.56 bits per heavy atom. The van der Waals surface area contributed by atoms with E-state index in [0.717, 1.165) is 19.3 Å². The van der Waals surface area contributed by atoms with Crippen LogP contribution in [0.4, 0.5) is 0 Å². The van der Waals surface area contributed by atoms with Crippen LogP contribution >= 0.6 is 12.6 Å². The maximum Gasteiger partial charge on any atom is 0.0681 e. The molecular weight excluding hydrogens is 132 g/mol. The SMILES string of the molecule is C[C@]1(S)CCCC[C@@H]1O. The van der Waals surface area contributed by atoms with Gasteiger partial charge in [0.25, 0.3) is 0 Å². The summed E-state index contributed by atoms with van der Waals surface area (Å²) in [6.07, 6.45) is 4.18. The lowest BCUT2D eigenvalue weighted by Crippen LogP contribution is -2.36. The van der Waals surface area contributed by atoms with Gasteiger partial charge in [-0.25, -0.2) is 0 Å². The van der Waals surface area contributed by atoms with E-state index in [0.29, 0.717) is 0 Å². The third-order valence-corrected chi connectivity index (χ3v) is 2.65. The first-order chi connectivity index (χ1) is 4.13. The number of thiol groups is 1. The quantitative estimate of drug-likeness (QED) is 0.497. The van der Waals surface area contributed by atoms with Crippen molar-refractivity contribution in [3.63, 3.8) is 0 Å². The smallest absolute Gasteiger partial charge is 0.0681 e. The Balaban J connectivity index is 2.49. The van der Waals surface area contributed by atoms with Gasteiger partial charge < -0.3 is 5.11 Å². The summed E-state index contributed by atoms with van der Waals surface area (Å²) in [4.78, 5) is 0. The van der Waals surface area contributed by atoms with Crippen molar-refractivity contribution in [2.75, 3.05) is 0 Å². The normalized spacial score (nSPS) is 45.0. The zero-order valence-corrected chi connectivity index (χ0v) is 6.69. The summed E-state index contributed by atoms with van der Waals surface area (Å²) in [5, 5.41) is 9.36. The standard InChI is InChI=1S/C7H14OS/c1-7(9)5-3-2-4-6(7)8/h6,8-9H,2-5H2,1H3/t6-,7-/m0/s1. The van der Waals surface area contributed by atoms with Gasteiger partial charge in [0.05, 0.1) is 6.10 Å². The van der Waals surface area contributed by atoms with Crippen molar-refractivity contribution < 1.29 is 5.11 Å². The molecule has 9 heavy (non-hydrogen) atoms. The molecule has 0 heterocycles. The molecule has 1 aliphatic carbocycles. The van der Waals surface area contributed by atoms with Gasteiger partial charge in [0.15, 0.2) is 0 Å². The molecule has 0 amide bonds. The molecule has 0 saturated heterocycles. The first kappa shape index (κ1) is 7.42. The van der Waals surface area contributed by atoms with Crippen molar-refractivity contribution in [3.05, 3.63) is 0 Å². The van der Waals surface area contributed by atoms with Crippen LogP contribution in [0.25, 0.3) is 0 Å². The molecule has 0 radical (unpaired) electrons. The Labute approximate surface area is 61.9 Å². The Morgan fingerprint density at radius 1 is 1.56 bits per heavy atom. The average molecular weight is 146 g/mol. The van der Waals surface area contributed by atoms with E-state index in [9.17, 15) is 5.11 Å². The van der Waals surface area contributed by atoms with Crippen LogP contribution in [0.2, 0.25) is 0 Å². The fraction of sp³-hybridized carbons (Fsp3) is 1.00. The lowest BCUT2D eigenvalue weighted by atomic mass is 9.87. The number of hydrogen-bond acceptors (Lipinski definition) is 2. The maximum atomic E-state index is 9.36. The minimum absolute atomic E-state index is 0.113. The van der Waals surface area contributed by atoms with Crippen LogP contribution in [0.3, 0.4) is 0 Å². The van der Waals surface area contributed by atoms with Gasteiger partial charge >= 0.3 is 0 Å². The highest BCUT2D eigenvalue weighted by atomic mass is 32.1. The minimum atomic E-state index is -0.186. The van der Waals surface area contributed by atoms with E-state index in [1.165, 1.54) is 6.42 Å². The molecule has 0 bridgehead atoms. The maximum absolute atomic E-state index is 9.36. The summed E-state index contributed by atoms with van der Waals surface area (Å²) < 4.78 is -0.113. The van der Waals surface area contributed by atoms with Crippen molar-refractivity contribution in [2.24, 2.45) is 0 Å². The molecule has 1 saturated carbocycles. The van der Waals surface area contributed by atoms with Gasteiger partial charge in [-0.15, -0.1) is 0 Å². The predicted molar refractivity (Wildman–Crippen MR) is 41.9 cm³/mol. The Kier molecular flexibility index (Phi) is 2.07. The molecule has 2 heteroatoms. The average Bonchev–Trinajstić information content (AvgIpc) is 1.77. The van der Waals surface area contributed by atoms with Crippen LogP contribution in [0, 0.1) is 0 Å². The molecule has 0 aromatic rings. The topological polar surface area (TPSA) is 20.2 Å². The third kappa shape index (κ3) is 1.62. The summed E-state index contributed by atoms with van der Waals surface area (Å²) in [7, 11) is 0. The number of aliphatic hydroxyl groups excluding tert-OH is 1. The van der Waals surface area contributed by atoms with Crippen molar-refractivity contribution in [1.29, 1.82) is 0 Å². The summed E-state index contributed by atoms with van der Waals surface area (Å²) >= 11 is 4.36. The molecule has 1 aliphatic rings. The van der Waals surface area contributed by atoms with Crippen molar-refractivity contribution in [2.45, 2.75) is 43.5 Å². The molecule has 1 nitrogen and oxygen atoms in total. The molecule has 0 unspecified atom stereocenters. The van der Waals surface area contributed by atoms with Gasteiger partial charge in [0.1, 0.15) is 0 Å². The minimum Gasteiger partial charge on any atom is -0.392 e. The number of hydrogen-bond donors (Lipinski definition) is 2. The zero-order chi connectivity index (χ0) is 6.91. The second-order valence-electron chi connectivity index (χ2n) is 3.12. The Hall–Kier alpha value is 0.310. The van der Waals surface area contributed by atoms with Gasteiger partial charge in [-0.1, -0.05) is 12.8 Å². The summed E-state index contributed by atoms with van der Waals surface area (Å²) in [6.45, 7) is 2.01. The van der Waals surface area contributed by atoms with Crippen LogP contribution in [-0.4, -0.2) is 16.0 Å². The molecule has 1 N–H and O–H groups in total. The van der Waals surface area contributed by atoms with Crippen molar-refractivity contribution in [3.8, 4) is 0 Å². The van der Waals surface area contributed by atoms with Gasteiger partial charge in [0.2, 0.25) is 0 Å². The largest absolute Gasteiger partial charge is 0.392 e. The van der Waals surface area contributed by atoms with Crippen molar-refractivity contribution in [1.82, 2.24) is 0 Å². The van der Waals surface area contributed by atoms with Crippen LogP contribution in [0.1, 0.15) is 32.6 Å². The monoisotopic (exact) mass is 146 g/mol. The highest BCUT2D eigenvalue weighted by Gasteiger charge is 2.31. The molecule has 0 aliphatic heterocycles. The third-order valence-electron chi connectivity index (χ3n) is 2.13. The van der Waals surface area contributed by atoms with E-state index in [2.05, 4.69) is 12.6 Å². The molecule has 0 aromatic carbocycles. The van der Waals surface area contributed by atoms with Gasteiger partial charge in [-0.3, -0.25) is 0 Å². The molecule has 0 aromatic heterocycles. The van der Waals surface area contributed by atoms with E-state index < -0.39 is 0 Å². The van der Waals surface area contributed by atoms with Crippen LogP contribution in [-0.2, 0) is 0 Å². The second-order valence-corrected chi connectivity index (χ2v) is 4.14. The van der Waals surface area contributed by atoms with E-state index in [1.54, 1.807) is 0 Å². The molecular formula is C7H14OS. The van der Waals surface area contributed by atoms with Crippen LogP contribution in [0.5, 0.6) is 0 Å². The summed E-state index contributed by atoms with van der Waals surface area (Å²) in [5.74, 6) is 0. The highest BCUT2D eigenvalue weighted by molar-refractivity contribution is 7.81. The van der Waals surface area contributed by atoms with E-state index in [4.69, 9.17) is 0 Å². The summed E-state index contributed by atoms with van der Waals surface area (Å²) in [5.41, 5.74) is 0. The van der Waals surface area contributed by atoms with Crippen LogP contribution < -0.4 is 0 Å². The van der Waals surface area contributed by atoms with Gasteiger partial charge in [-0.05, 0) is 19.8 Å². The molecule has 54 valence electrons. The molecule has 1 rings (SSSR count). The number of aliphatic hydroxyl groups is 1. The lowest BCUT2D eigenvalue weighted by Gasteiger charge is -2.33. The van der Waals surface area contributed by atoms with Crippen molar-refractivity contribution >= 4 is 12.6 Å². The van der Waals surface area contributed by atoms with Crippen LogP contribution in [0.15, 0.2) is 0 Å². The fourth-order valence-electron chi connectivity index (χ4n) is 1.30. The Bertz CT molecular complexity index is 101. The Morgan fingerprint density at radius 2 is 2.22 bits per heavy atom. The first-order valence-corrected chi connectivity index (χ1v) is 3.98. The predicted octanol–water partition coefficient (Wildman–Crippen LogP) is 1.61.